The Labute approximate surface area is 142 Å². The fourth-order valence-corrected chi connectivity index (χ4v) is 3.46. The van der Waals surface area contributed by atoms with E-state index in [-0.39, 0.29) is 29.8 Å². The minimum absolute atomic E-state index is 0.0287. The van der Waals surface area contributed by atoms with Crippen molar-refractivity contribution in [3.8, 4) is 5.75 Å². The van der Waals surface area contributed by atoms with Gasteiger partial charge in [-0.15, -0.1) is 0 Å². The fraction of sp³-hybridized carbons (Fsp3) is 0.556. The number of fused-ring (bicyclic) bond motifs is 1. The van der Waals surface area contributed by atoms with E-state index in [0.29, 0.717) is 19.5 Å². The lowest BCUT2D eigenvalue weighted by Gasteiger charge is -2.36. The number of rotatable bonds is 5. The van der Waals surface area contributed by atoms with Gasteiger partial charge in [-0.2, -0.15) is 0 Å². The molecule has 0 unspecified atom stereocenters. The third-order valence-electron chi connectivity index (χ3n) is 4.85. The van der Waals surface area contributed by atoms with Crippen molar-refractivity contribution in [1.29, 1.82) is 0 Å². The van der Waals surface area contributed by atoms with Gasteiger partial charge >= 0.3 is 0 Å². The molecule has 2 saturated heterocycles. The van der Waals surface area contributed by atoms with Crippen LogP contribution in [-0.2, 0) is 16.1 Å². The minimum atomic E-state index is -0.397. The number of nitrogens with zero attached hydrogens (tertiary/aromatic N) is 1. The fourth-order valence-electron chi connectivity index (χ4n) is 3.46. The first kappa shape index (κ1) is 16.8. The van der Waals surface area contributed by atoms with Gasteiger partial charge in [0.1, 0.15) is 17.8 Å². The second kappa shape index (κ2) is 6.81. The second-order valence-corrected chi connectivity index (χ2v) is 6.90. The molecule has 6 nitrogen and oxygen atoms in total. The van der Waals surface area contributed by atoms with Crippen LogP contribution in [0.15, 0.2) is 24.3 Å². The molecule has 0 bridgehead atoms. The summed E-state index contributed by atoms with van der Waals surface area (Å²) < 4.78 is 5.23. The summed E-state index contributed by atoms with van der Waals surface area (Å²) in [5.41, 5.74) is 1.12. The van der Waals surface area contributed by atoms with Crippen molar-refractivity contribution < 1.29 is 14.3 Å². The van der Waals surface area contributed by atoms with Crippen LogP contribution in [0.3, 0.4) is 0 Å². The van der Waals surface area contributed by atoms with Gasteiger partial charge in [-0.1, -0.05) is 26.0 Å². The van der Waals surface area contributed by atoms with Gasteiger partial charge in [0.05, 0.1) is 7.11 Å². The van der Waals surface area contributed by atoms with E-state index < -0.39 is 6.04 Å². The van der Waals surface area contributed by atoms with Gasteiger partial charge in [-0.05, 0) is 30.0 Å². The van der Waals surface area contributed by atoms with E-state index in [0.717, 1.165) is 11.3 Å². The van der Waals surface area contributed by atoms with Gasteiger partial charge in [0.15, 0.2) is 0 Å². The highest BCUT2D eigenvalue weighted by atomic mass is 16.5. The summed E-state index contributed by atoms with van der Waals surface area (Å²) in [6, 6.07) is 7.28. The number of carbonyl (C=O) groups is 2. The van der Waals surface area contributed by atoms with Crippen molar-refractivity contribution in [3.63, 3.8) is 0 Å². The summed E-state index contributed by atoms with van der Waals surface area (Å²) in [6.07, 6.45) is 0.659. The molecule has 3 rings (SSSR count). The van der Waals surface area contributed by atoms with E-state index in [9.17, 15) is 9.59 Å². The number of amides is 2. The van der Waals surface area contributed by atoms with Crippen LogP contribution in [0.25, 0.3) is 0 Å². The normalized spacial score (nSPS) is 26.5. The monoisotopic (exact) mass is 331 g/mol. The van der Waals surface area contributed by atoms with Crippen LogP contribution in [0.2, 0.25) is 0 Å². The average Bonchev–Trinajstić information content (AvgIpc) is 3.01. The van der Waals surface area contributed by atoms with Crippen molar-refractivity contribution >= 4 is 11.8 Å². The number of piperazine rings is 1. The lowest BCUT2D eigenvalue weighted by atomic mass is 9.98. The lowest BCUT2D eigenvalue weighted by Crippen LogP contribution is -2.62. The number of ether oxygens (including phenoxy) is 1. The van der Waals surface area contributed by atoms with Crippen LogP contribution < -0.4 is 15.4 Å². The molecule has 24 heavy (non-hydrogen) atoms. The molecular formula is C18H25N3O3. The Morgan fingerprint density at radius 3 is 2.88 bits per heavy atom. The van der Waals surface area contributed by atoms with E-state index in [1.165, 1.54) is 0 Å². The highest BCUT2D eigenvalue weighted by Crippen LogP contribution is 2.25. The number of hydrogen-bond acceptors (Lipinski definition) is 4. The summed E-state index contributed by atoms with van der Waals surface area (Å²) >= 11 is 0. The molecule has 0 radical (unpaired) electrons. The highest BCUT2D eigenvalue weighted by molar-refractivity contribution is 5.97. The summed E-state index contributed by atoms with van der Waals surface area (Å²) in [5.74, 6) is 0.943. The Kier molecular flexibility index (Phi) is 4.76. The molecule has 2 N–H and O–H groups in total. The van der Waals surface area contributed by atoms with Gasteiger partial charge in [0.2, 0.25) is 11.8 Å². The summed E-state index contributed by atoms with van der Waals surface area (Å²) in [5, 5.41) is 6.33. The largest absolute Gasteiger partial charge is 0.497 e. The molecule has 6 heteroatoms. The first-order chi connectivity index (χ1) is 11.5. The molecule has 130 valence electrons. The molecule has 2 heterocycles. The minimum Gasteiger partial charge on any atom is -0.497 e. The highest BCUT2D eigenvalue weighted by Gasteiger charge is 2.46. The quantitative estimate of drug-likeness (QED) is 0.841. The predicted octanol–water partition coefficient (Wildman–Crippen LogP) is 0.909. The van der Waals surface area contributed by atoms with Gasteiger partial charge in [0.25, 0.3) is 0 Å². The number of benzene rings is 1. The summed E-state index contributed by atoms with van der Waals surface area (Å²) in [7, 11) is 1.65. The molecular weight excluding hydrogens is 306 g/mol. The van der Waals surface area contributed by atoms with Crippen LogP contribution in [0, 0.1) is 5.92 Å². The molecule has 3 atom stereocenters. The maximum absolute atomic E-state index is 12.6. The van der Waals surface area contributed by atoms with Gasteiger partial charge in [0, 0.05) is 19.1 Å². The smallest absolute Gasteiger partial charge is 0.246 e. The zero-order valence-corrected chi connectivity index (χ0v) is 14.4. The number of carbonyl (C=O) groups excluding carboxylic acids is 2. The Hall–Kier alpha value is -2.08. The molecule has 0 aliphatic carbocycles. The van der Waals surface area contributed by atoms with E-state index in [4.69, 9.17) is 4.74 Å². The first-order valence-electron chi connectivity index (χ1n) is 8.46. The third-order valence-corrected chi connectivity index (χ3v) is 4.85. The average molecular weight is 331 g/mol. The summed E-state index contributed by atoms with van der Waals surface area (Å²) in [6.45, 7) is 5.19. The van der Waals surface area contributed by atoms with Crippen LogP contribution in [0.5, 0.6) is 5.75 Å². The Morgan fingerprint density at radius 1 is 1.38 bits per heavy atom. The molecule has 1 aromatic carbocycles. The molecule has 1 aromatic rings. The number of hydrogen-bond donors (Lipinski definition) is 2. The van der Waals surface area contributed by atoms with Crippen molar-refractivity contribution in [3.05, 3.63) is 29.8 Å². The summed E-state index contributed by atoms with van der Waals surface area (Å²) in [4.78, 5) is 26.6. The van der Waals surface area contributed by atoms with Crippen LogP contribution >= 0.6 is 0 Å². The van der Waals surface area contributed by atoms with Gasteiger partial charge < -0.3 is 20.3 Å². The zero-order chi connectivity index (χ0) is 17.3. The molecule has 2 amide bonds. The molecule has 0 spiro atoms. The van der Waals surface area contributed by atoms with E-state index in [1.54, 1.807) is 12.0 Å². The van der Waals surface area contributed by atoms with Crippen molar-refractivity contribution in [2.75, 3.05) is 13.7 Å². The van der Waals surface area contributed by atoms with E-state index >= 15 is 0 Å². The lowest BCUT2D eigenvalue weighted by molar-refractivity contribution is -0.148. The maximum Gasteiger partial charge on any atom is 0.246 e. The van der Waals surface area contributed by atoms with E-state index in [1.807, 2.05) is 38.1 Å². The first-order valence-corrected chi connectivity index (χ1v) is 8.46. The zero-order valence-electron chi connectivity index (χ0n) is 14.4. The topological polar surface area (TPSA) is 70.7 Å². The Morgan fingerprint density at radius 2 is 2.17 bits per heavy atom. The third kappa shape index (κ3) is 3.24. The number of nitrogens with one attached hydrogen (secondary N) is 2. The van der Waals surface area contributed by atoms with Crippen molar-refractivity contribution in [1.82, 2.24) is 15.5 Å². The van der Waals surface area contributed by atoms with Crippen molar-refractivity contribution in [2.24, 2.45) is 5.92 Å². The molecule has 0 saturated carbocycles. The van der Waals surface area contributed by atoms with Crippen molar-refractivity contribution in [2.45, 2.75) is 44.9 Å². The standard InChI is InChI=1S/C18H25N3O3/c1-11(2)16-18(23)21-10-13(8-15(21)17(22)20-16)19-9-12-5-4-6-14(7-12)24-3/h4-7,11,13,15-16,19H,8-10H2,1-3H3,(H,20,22)/t13-,15-,16+/m0/s1. The maximum atomic E-state index is 12.6. The molecule has 2 fully saturated rings. The van der Waals surface area contributed by atoms with Crippen LogP contribution in [-0.4, -0.2) is 48.5 Å². The number of methoxy groups -OCH3 is 1. The Bertz CT molecular complexity index is 632. The molecule has 0 aromatic heterocycles. The van der Waals surface area contributed by atoms with Gasteiger partial charge in [-0.3, -0.25) is 9.59 Å². The Balaban J connectivity index is 1.62. The predicted molar refractivity (Wildman–Crippen MR) is 90.5 cm³/mol. The molecule has 2 aliphatic heterocycles. The van der Waals surface area contributed by atoms with Gasteiger partial charge in [-0.25, -0.2) is 0 Å². The van der Waals surface area contributed by atoms with Crippen LogP contribution in [0.1, 0.15) is 25.8 Å². The SMILES string of the molecule is COc1cccc(CN[C@H]2C[C@H]3C(=O)N[C@H](C(C)C)C(=O)N3C2)c1. The van der Waals surface area contributed by atoms with Crippen LogP contribution in [0.4, 0.5) is 0 Å². The van der Waals surface area contributed by atoms with E-state index in [2.05, 4.69) is 10.6 Å². The second-order valence-electron chi connectivity index (χ2n) is 6.90. The molecule has 2 aliphatic rings.